The number of aryl methyl sites for hydroxylation is 1. The van der Waals surface area contributed by atoms with Gasteiger partial charge in [-0.15, -0.1) is 0 Å². The Morgan fingerprint density at radius 2 is 2.29 bits per heavy atom. The number of aromatic amines is 1. The Kier molecular flexibility index (Phi) is 2.97. The molecule has 6 heteroatoms. The molecule has 0 atom stereocenters. The average molecular weight is 234 g/mol. The van der Waals surface area contributed by atoms with Crippen molar-refractivity contribution in [2.45, 2.75) is 13.5 Å². The summed E-state index contributed by atoms with van der Waals surface area (Å²) in [4.78, 5) is 11.7. The molecular formula is C11H14N4O2. The van der Waals surface area contributed by atoms with E-state index in [1.54, 1.807) is 7.11 Å². The summed E-state index contributed by atoms with van der Waals surface area (Å²) in [6, 6.07) is 5.58. The van der Waals surface area contributed by atoms with Crippen LogP contribution < -0.4 is 16.2 Å². The zero-order valence-electron chi connectivity index (χ0n) is 9.73. The second-order valence-electron chi connectivity index (χ2n) is 3.66. The van der Waals surface area contributed by atoms with Crippen LogP contribution >= 0.6 is 0 Å². The van der Waals surface area contributed by atoms with E-state index >= 15 is 0 Å². The summed E-state index contributed by atoms with van der Waals surface area (Å²) < 4.78 is 6.66. The van der Waals surface area contributed by atoms with Crippen LogP contribution in [0.3, 0.4) is 0 Å². The van der Waals surface area contributed by atoms with E-state index < -0.39 is 0 Å². The fraction of sp³-hybridized carbons (Fsp3) is 0.273. The van der Waals surface area contributed by atoms with Gasteiger partial charge in [0.15, 0.2) is 5.82 Å². The van der Waals surface area contributed by atoms with E-state index in [0.29, 0.717) is 17.3 Å². The lowest BCUT2D eigenvalue weighted by Gasteiger charge is -2.10. The van der Waals surface area contributed by atoms with Gasteiger partial charge < -0.3 is 10.5 Å². The Bertz CT molecular complexity index is 585. The Labute approximate surface area is 98.0 Å². The number of rotatable bonds is 3. The number of aromatic nitrogens is 3. The normalized spacial score (nSPS) is 10.5. The van der Waals surface area contributed by atoms with Crippen LogP contribution in [0.15, 0.2) is 23.0 Å². The highest BCUT2D eigenvalue weighted by atomic mass is 16.5. The fourth-order valence-corrected chi connectivity index (χ4v) is 1.69. The smallest absolute Gasteiger partial charge is 0.348 e. The van der Waals surface area contributed by atoms with Crippen LogP contribution in [0.1, 0.15) is 11.4 Å². The number of benzene rings is 1. The lowest BCUT2D eigenvalue weighted by molar-refractivity contribution is 0.412. The maximum atomic E-state index is 11.7. The minimum absolute atomic E-state index is 0.176. The summed E-state index contributed by atoms with van der Waals surface area (Å²) in [5.41, 5.74) is 6.89. The van der Waals surface area contributed by atoms with Crippen LogP contribution in [0.25, 0.3) is 5.69 Å². The zero-order valence-corrected chi connectivity index (χ0v) is 9.73. The van der Waals surface area contributed by atoms with Gasteiger partial charge >= 0.3 is 5.69 Å². The maximum absolute atomic E-state index is 11.7. The molecule has 2 aromatic rings. The first-order valence-corrected chi connectivity index (χ1v) is 5.18. The van der Waals surface area contributed by atoms with Crippen molar-refractivity contribution in [3.8, 4) is 11.4 Å². The van der Waals surface area contributed by atoms with Crippen molar-refractivity contribution in [2.24, 2.45) is 5.73 Å². The van der Waals surface area contributed by atoms with Gasteiger partial charge in [-0.1, -0.05) is 6.07 Å². The van der Waals surface area contributed by atoms with Crippen LogP contribution in [-0.2, 0) is 6.54 Å². The number of ether oxygens (including phenoxy) is 1. The third-order valence-electron chi connectivity index (χ3n) is 2.50. The van der Waals surface area contributed by atoms with Crippen molar-refractivity contribution in [2.75, 3.05) is 7.11 Å². The summed E-state index contributed by atoms with van der Waals surface area (Å²) in [6.45, 7) is 2.12. The average Bonchev–Trinajstić information content (AvgIpc) is 2.70. The number of H-pyrrole nitrogens is 1. The van der Waals surface area contributed by atoms with Crippen molar-refractivity contribution in [3.63, 3.8) is 0 Å². The number of nitrogens with one attached hydrogen (secondary N) is 1. The van der Waals surface area contributed by atoms with E-state index in [9.17, 15) is 4.79 Å². The lowest BCUT2D eigenvalue weighted by Crippen LogP contribution is -2.19. The van der Waals surface area contributed by atoms with Crippen LogP contribution in [0.5, 0.6) is 5.75 Å². The summed E-state index contributed by atoms with van der Waals surface area (Å²) in [7, 11) is 1.56. The van der Waals surface area contributed by atoms with E-state index in [0.717, 1.165) is 5.56 Å². The Balaban J connectivity index is 2.70. The second kappa shape index (κ2) is 4.42. The molecule has 0 fully saturated rings. The molecule has 1 heterocycles. The molecule has 0 aliphatic rings. The van der Waals surface area contributed by atoms with Crippen molar-refractivity contribution in [1.29, 1.82) is 0 Å². The summed E-state index contributed by atoms with van der Waals surface area (Å²) >= 11 is 0. The number of hydrogen-bond donors (Lipinski definition) is 2. The highest BCUT2D eigenvalue weighted by Gasteiger charge is 2.13. The summed E-state index contributed by atoms with van der Waals surface area (Å²) in [6.07, 6.45) is 0. The van der Waals surface area contributed by atoms with E-state index in [4.69, 9.17) is 10.5 Å². The van der Waals surface area contributed by atoms with Gasteiger partial charge in [-0.25, -0.2) is 14.5 Å². The molecule has 0 aliphatic carbocycles. The number of nitrogens with zero attached hydrogens (tertiary/aromatic N) is 2. The molecule has 0 saturated heterocycles. The van der Waals surface area contributed by atoms with E-state index in [-0.39, 0.29) is 12.2 Å². The molecule has 1 aromatic heterocycles. The number of methoxy groups -OCH3 is 1. The Hall–Kier alpha value is -2.08. The van der Waals surface area contributed by atoms with Gasteiger partial charge in [-0.05, 0) is 24.6 Å². The lowest BCUT2D eigenvalue weighted by atomic mass is 10.2. The van der Waals surface area contributed by atoms with Crippen molar-refractivity contribution in [3.05, 3.63) is 40.1 Å². The molecule has 0 bridgehead atoms. The SMILES string of the molecule is COc1ccc(C)cc1-n1c(CN)n[nH]c1=O. The standard InChI is InChI=1S/C11H14N4O2/c1-7-3-4-9(17-2)8(5-7)15-10(6-12)13-14-11(15)16/h3-5H,6,12H2,1-2H3,(H,14,16). The van der Waals surface area contributed by atoms with Gasteiger partial charge in [0.05, 0.1) is 19.3 Å². The molecule has 90 valence electrons. The number of hydrogen-bond acceptors (Lipinski definition) is 4. The van der Waals surface area contributed by atoms with Crippen molar-refractivity contribution in [1.82, 2.24) is 14.8 Å². The molecule has 0 unspecified atom stereocenters. The second-order valence-corrected chi connectivity index (χ2v) is 3.66. The van der Waals surface area contributed by atoms with Gasteiger partial charge in [-0.2, -0.15) is 5.10 Å². The topological polar surface area (TPSA) is 85.9 Å². The van der Waals surface area contributed by atoms with Crippen LogP contribution in [0, 0.1) is 6.92 Å². The largest absolute Gasteiger partial charge is 0.495 e. The van der Waals surface area contributed by atoms with Gasteiger partial charge in [-0.3, -0.25) is 0 Å². The third-order valence-corrected chi connectivity index (χ3v) is 2.50. The first-order chi connectivity index (χ1) is 8.17. The molecule has 2 rings (SSSR count). The van der Waals surface area contributed by atoms with Crippen molar-refractivity contribution < 1.29 is 4.74 Å². The van der Waals surface area contributed by atoms with E-state index in [2.05, 4.69) is 10.2 Å². The van der Waals surface area contributed by atoms with Crippen LogP contribution in [-0.4, -0.2) is 21.9 Å². The van der Waals surface area contributed by atoms with Crippen LogP contribution in [0.2, 0.25) is 0 Å². The van der Waals surface area contributed by atoms with Gasteiger partial charge in [0.25, 0.3) is 0 Å². The molecular weight excluding hydrogens is 220 g/mol. The molecule has 0 saturated carbocycles. The monoisotopic (exact) mass is 234 g/mol. The Morgan fingerprint density at radius 1 is 1.53 bits per heavy atom. The molecule has 6 nitrogen and oxygen atoms in total. The Morgan fingerprint density at radius 3 is 2.94 bits per heavy atom. The molecule has 17 heavy (non-hydrogen) atoms. The number of nitrogens with two attached hydrogens (primary N) is 1. The highest BCUT2D eigenvalue weighted by Crippen LogP contribution is 2.23. The summed E-state index contributed by atoms with van der Waals surface area (Å²) in [5, 5.41) is 6.24. The van der Waals surface area contributed by atoms with Crippen LogP contribution in [0.4, 0.5) is 0 Å². The quantitative estimate of drug-likeness (QED) is 0.801. The van der Waals surface area contributed by atoms with Crippen molar-refractivity contribution >= 4 is 0 Å². The predicted molar refractivity (Wildman–Crippen MR) is 63.4 cm³/mol. The first kappa shape index (κ1) is 11.4. The van der Waals surface area contributed by atoms with Gasteiger partial charge in [0.1, 0.15) is 5.75 Å². The predicted octanol–water partition coefficient (Wildman–Crippen LogP) is 0.336. The minimum Gasteiger partial charge on any atom is -0.495 e. The molecule has 3 N–H and O–H groups in total. The van der Waals surface area contributed by atoms with Gasteiger partial charge in [0, 0.05) is 0 Å². The van der Waals surface area contributed by atoms with E-state index in [1.807, 2.05) is 25.1 Å². The van der Waals surface area contributed by atoms with E-state index in [1.165, 1.54) is 4.57 Å². The fourth-order valence-electron chi connectivity index (χ4n) is 1.69. The maximum Gasteiger partial charge on any atom is 0.348 e. The highest BCUT2D eigenvalue weighted by molar-refractivity contribution is 5.49. The third kappa shape index (κ3) is 1.94. The molecule has 0 spiro atoms. The van der Waals surface area contributed by atoms with Gasteiger partial charge in [0.2, 0.25) is 0 Å². The minimum atomic E-state index is -0.325. The first-order valence-electron chi connectivity index (χ1n) is 5.18. The molecule has 0 amide bonds. The molecule has 1 aromatic carbocycles. The molecule has 0 radical (unpaired) electrons. The summed E-state index contributed by atoms with van der Waals surface area (Å²) in [5.74, 6) is 1.08. The molecule has 0 aliphatic heterocycles. The zero-order chi connectivity index (χ0) is 12.4.